The summed E-state index contributed by atoms with van der Waals surface area (Å²) < 4.78 is 37.5. The van der Waals surface area contributed by atoms with E-state index in [1.807, 2.05) is 0 Å². The summed E-state index contributed by atoms with van der Waals surface area (Å²) >= 11 is 5.50. The van der Waals surface area contributed by atoms with E-state index in [1.165, 1.54) is 0 Å². The minimum absolute atomic E-state index is 0.211. The fourth-order valence-electron chi connectivity index (χ4n) is 1.32. The average molecular weight is 300 g/mol. The summed E-state index contributed by atoms with van der Waals surface area (Å²) in [4.78, 5) is 6.36. The Morgan fingerprint density at radius 3 is 2.26 bits per heavy atom. The van der Waals surface area contributed by atoms with E-state index in [9.17, 15) is 23.4 Å². The number of halogens is 4. The van der Waals surface area contributed by atoms with Crippen molar-refractivity contribution in [3.63, 3.8) is 0 Å². The number of alkyl halides is 3. The lowest BCUT2D eigenvalue weighted by atomic mass is 9.98. The summed E-state index contributed by atoms with van der Waals surface area (Å²) in [7, 11) is 0. The normalized spacial score (nSPS) is 12.6. The third-order valence-corrected chi connectivity index (χ3v) is 2.82. The van der Waals surface area contributed by atoms with Crippen LogP contribution in [0.25, 0.3) is 0 Å². The maximum Gasteiger partial charge on any atom is 0.451 e. The monoisotopic (exact) mass is 299 g/mol. The number of anilines is 1. The molecule has 0 spiro atoms. The fourth-order valence-corrected chi connectivity index (χ4v) is 1.50. The van der Waals surface area contributed by atoms with Crippen molar-refractivity contribution in [3.8, 4) is 0 Å². The van der Waals surface area contributed by atoms with Crippen LogP contribution >= 0.6 is 11.6 Å². The van der Waals surface area contributed by atoms with E-state index in [0.717, 1.165) is 6.07 Å². The lowest BCUT2D eigenvalue weighted by Gasteiger charge is -2.30. The highest BCUT2D eigenvalue weighted by atomic mass is 35.5. The molecule has 108 valence electrons. The van der Waals surface area contributed by atoms with Crippen molar-refractivity contribution in [2.24, 2.45) is 0 Å². The molecule has 0 saturated carbocycles. The Balaban J connectivity index is 3.11. The number of nitrogens with one attached hydrogen (secondary N) is 1. The zero-order valence-corrected chi connectivity index (χ0v) is 10.8. The maximum atomic E-state index is 12.5. The van der Waals surface area contributed by atoms with Gasteiger partial charge in [-0.05, 0) is 6.42 Å². The highest BCUT2D eigenvalue weighted by Gasteiger charge is 2.36. The average Bonchev–Trinajstić information content (AvgIpc) is 2.34. The fraction of sp³-hybridized carbons (Fsp3) is 0.600. The van der Waals surface area contributed by atoms with Crippen LogP contribution in [0.3, 0.4) is 0 Å². The first-order valence-corrected chi connectivity index (χ1v) is 5.76. The van der Waals surface area contributed by atoms with Crippen molar-refractivity contribution in [2.75, 3.05) is 18.5 Å². The molecular weight excluding hydrogens is 287 g/mol. The van der Waals surface area contributed by atoms with E-state index in [4.69, 9.17) is 11.6 Å². The molecule has 0 aliphatic heterocycles. The van der Waals surface area contributed by atoms with Crippen LogP contribution in [0.1, 0.15) is 19.2 Å². The number of aliphatic hydroxyl groups excluding tert-OH is 2. The van der Waals surface area contributed by atoms with E-state index in [2.05, 4.69) is 15.3 Å². The van der Waals surface area contributed by atoms with Gasteiger partial charge in [-0.1, -0.05) is 18.5 Å². The lowest BCUT2D eigenvalue weighted by Crippen LogP contribution is -2.45. The van der Waals surface area contributed by atoms with Crippen molar-refractivity contribution in [1.29, 1.82) is 0 Å². The molecule has 1 heterocycles. The minimum Gasteiger partial charge on any atom is -0.394 e. The van der Waals surface area contributed by atoms with Crippen molar-refractivity contribution in [1.82, 2.24) is 9.97 Å². The van der Waals surface area contributed by atoms with Crippen LogP contribution in [0, 0.1) is 0 Å². The first-order valence-electron chi connectivity index (χ1n) is 5.38. The first-order chi connectivity index (χ1) is 8.76. The van der Waals surface area contributed by atoms with Crippen molar-refractivity contribution in [3.05, 3.63) is 17.0 Å². The van der Waals surface area contributed by atoms with Gasteiger partial charge in [-0.3, -0.25) is 0 Å². The van der Waals surface area contributed by atoms with Gasteiger partial charge in [0.2, 0.25) is 5.82 Å². The molecule has 0 fully saturated rings. The molecule has 1 aromatic rings. The molecule has 0 amide bonds. The van der Waals surface area contributed by atoms with Crippen molar-refractivity contribution < 1.29 is 23.4 Å². The van der Waals surface area contributed by atoms with E-state index < -0.39 is 30.8 Å². The lowest BCUT2D eigenvalue weighted by molar-refractivity contribution is -0.144. The van der Waals surface area contributed by atoms with Crippen LogP contribution in [0.5, 0.6) is 0 Å². The van der Waals surface area contributed by atoms with Gasteiger partial charge in [0.05, 0.1) is 18.8 Å². The smallest absolute Gasteiger partial charge is 0.394 e. The molecule has 19 heavy (non-hydrogen) atoms. The third-order valence-electron chi connectivity index (χ3n) is 2.62. The van der Waals surface area contributed by atoms with E-state index >= 15 is 0 Å². The van der Waals surface area contributed by atoms with Crippen molar-refractivity contribution >= 4 is 17.4 Å². The zero-order valence-electron chi connectivity index (χ0n) is 10.00. The largest absolute Gasteiger partial charge is 0.451 e. The van der Waals surface area contributed by atoms with Crippen LogP contribution < -0.4 is 5.32 Å². The van der Waals surface area contributed by atoms with Gasteiger partial charge in [-0.25, -0.2) is 9.97 Å². The summed E-state index contributed by atoms with van der Waals surface area (Å²) in [6.45, 7) is 0.721. The van der Waals surface area contributed by atoms with Crippen LogP contribution in [0.4, 0.5) is 19.0 Å². The second-order valence-electron chi connectivity index (χ2n) is 3.97. The quantitative estimate of drug-likeness (QED) is 0.721. The number of aromatic nitrogens is 2. The Labute approximate surface area is 112 Å². The van der Waals surface area contributed by atoms with Gasteiger partial charge in [0.25, 0.3) is 0 Å². The van der Waals surface area contributed by atoms with Gasteiger partial charge < -0.3 is 15.5 Å². The van der Waals surface area contributed by atoms with Gasteiger partial charge in [-0.2, -0.15) is 13.2 Å². The Morgan fingerprint density at radius 2 is 1.84 bits per heavy atom. The summed E-state index contributed by atoms with van der Waals surface area (Å²) in [5.74, 6) is -1.60. The molecule has 0 aliphatic carbocycles. The van der Waals surface area contributed by atoms with Crippen LogP contribution in [-0.2, 0) is 6.18 Å². The predicted octanol–water partition coefficient (Wildman–Crippen LogP) is 1.69. The van der Waals surface area contributed by atoms with Gasteiger partial charge >= 0.3 is 6.18 Å². The summed E-state index contributed by atoms with van der Waals surface area (Å²) in [6, 6.07) is 1.09. The Morgan fingerprint density at radius 1 is 1.26 bits per heavy atom. The number of rotatable bonds is 5. The standard InChI is InChI=1S/C10H13ClF3N3O2/c1-2-9(4-18,5-19)17-7-3-6(11)15-8(16-7)10(12,13)14/h3,18-19H,2,4-5H2,1H3,(H,15,16,17). The molecular formula is C10H13ClF3N3O2. The number of hydrogen-bond donors (Lipinski definition) is 3. The SMILES string of the molecule is CCC(CO)(CO)Nc1cc(Cl)nc(C(F)(F)F)n1. The highest BCUT2D eigenvalue weighted by molar-refractivity contribution is 6.29. The first kappa shape index (κ1) is 15.9. The van der Waals surface area contributed by atoms with Gasteiger partial charge in [0.1, 0.15) is 11.0 Å². The zero-order chi connectivity index (χ0) is 14.7. The number of aliphatic hydroxyl groups is 2. The number of hydrogen-bond acceptors (Lipinski definition) is 5. The number of nitrogens with zero attached hydrogens (tertiary/aromatic N) is 2. The molecule has 0 aliphatic rings. The third kappa shape index (κ3) is 3.92. The molecule has 0 atom stereocenters. The maximum absolute atomic E-state index is 12.5. The van der Waals surface area contributed by atoms with Crippen molar-refractivity contribution in [2.45, 2.75) is 25.1 Å². The Bertz CT molecular complexity index is 430. The van der Waals surface area contributed by atoms with Gasteiger partial charge in [0.15, 0.2) is 0 Å². The molecule has 0 bridgehead atoms. The van der Waals surface area contributed by atoms with E-state index in [1.54, 1.807) is 6.92 Å². The molecule has 0 unspecified atom stereocenters. The summed E-state index contributed by atoms with van der Waals surface area (Å²) in [6.07, 6.45) is -4.45. The molecule has 1 aromatic heterocycles. The van der Waals surface area contributed by atoms with Crippen LogP contribution in [0.2, 0.25) is 5.15 Å². The molecule has 0 aromatic carbocycles. The predicted molar refractivity (Wildman–Crippen MR) is 62.9 cm³/mol. The van der Waals surface area contributed by atoms with E-state index in [0.29, 0.717) is 0 Å². The van der Waals surface area contributed by atoms with Gasteiger partial charge in [0, 0.05) is 6.07 Å². The molecule has 3 N–H and O–H groups in total. The Kier molecular flexibility index (Phi) is 4.94. The molecule has 0 radical (unpaired) electrons. The summed E-state index contributed by atoms with van der Waals surface area (Å²) in [5, 5.41) is 20.6. The summed E-state index contributed by atoms with van der Waals surface area (Å²) in [5.41, 5.74) is -1.17. The van der Waals surface area contributed by atoms with Crippen LogP contribution in [0.15, 0.2) is 6.07 Å². The second-order valence-corrected chi connectivity index (χ2v) is 4.36. The minimum atomic E-state index is -4.73. The molecule has 0 saturated heterocycles. The van der Waals surface area contributed by atoms with E-state index in [-0.39, 0.29) is 17.4 Å². The second kappa shape index (κ2) is 5.89. The molecule has 9 heteroatoms. The Hall–Kier alpha value is -1.12. The molecule has 5 nitrogen and oxygen atoms in total. The van der Waals surface area contributed by atoms with Gasteiger partial charge in [-0.15, -0.1) is 0 Å². The topological polar surface area (TPSA) is 78.3 Å². The molecule has 1 rings (SSSR count). The highest BCUT2D eigenvalue weighted by Crippen LogP contribution is 2.29. The van der Waals surface area contributed by atoms with Crippen LogP contribution in [-0.4, -0.2) is 38.9 Å².